The van der Waals surface area contributed by atoms with E-state index in [1.54, 1.807) is 26.0 Å². The minimum Gasteiger partial charge on any atom is -0.478 e. The van der Waals surface area contributed by atoms with Gasteiger partial charge in [0.25, 0.3) is 0 Å². The fourth-order valence-corrected chi connectivity index (χ4v) is 5.41. The molecule has 1 saturated heterocycles. The molecular weight excluding hydrogens is 595 g/mol. The number of carboxylic acids is 2. The summed E-state index contributed by atoms with van der Waals surface area (Å²) < 4.78 is 48.3. The van der Waals surface area contributed by atoms with Crippen LogP contribution in [0.15, 0.2) is 55.3 Å². The van der Waals surface area contributed by atoms with Crippen molar-refractivity contribution in [3.8, 4) is 6.01 Å². The highest BCUT2D eigenvalue weighted by atomic mass is 19.4. The summed E-state index contributed by atoms with van der Waals surface area (Å²) in [6.45, 7) is 8.05. The minimum absolute atomic E-state index is 0.0804. The predicted octanol–water partition coefficient (Wildman–Crippen LogP) is 3.83. The van der Waals surface area contributed by atoms with Crippen molar-refractivity contribution in [3.05, 3.63) is 76.5 Å². The first-order valence-electron chi connectivity index (χ1n) is 13.0. The largest absolute Gasteiger partial charge is 0.478 e. The summed E-state index contributed by atoms with van der Waals surface area (Å²) in [6, 6.07) is 4.26. The quantitative estimate of drug-likeness (QED) is 0.167. The number of carbonyl (C=O) groups is 3. The van der Waals surface area contributed by atoms with E-state index >= 15 is 0 Å². The molecule has 1 aromatic heterocycles. The Bertz CT molecular complexity index is 1440. The Morgan fingerprint density at radius 3 is 2.32 bits per heavy atom. The number of halogens is 3. The zero-order valence-corrected chi connectivity index (χ0v) is 23.6. The summed E-state index contributed by atoms with van der Waals surface area (Å²) >= 11 is 0. The van der Waals surface area contributed by atoms with Crippen LogP contribution in [0.1, 0.15) is 31.4 Å². The van der Waals surface area contributed by atoms with Crippen LogP contribution in [0.3, 0.4) is 0 Å². The summed E-state index contributed by atoms with van der Waals surface area (Å²) in [7, 11) is 0. The number of piperazine rings is 1. The van der Waals surface area contributed by atoms with Crippen LogP contribution < -0.4 is 4.74 Å². The Kier molecular flexibility index (Phi) is 9.72. The number of carboxylic acid groups (broad SMARTS) is 3. The van der Waals surface area contributed by atoms with Gasteiger partial charge < -0.3 is 35.1 Å². The molecule has 1 aromatic carbocycles. The molecule has 0 spiro atoms. The first-order valence-corrected chi connectivity index (χ1v) is 13.0. The number of rotatable bonds is 8. The highest BCUT2D eigenvalue weighted by molar-refractivity contribution is 5.89. The highest BCUT2D eigenvalue weighted by Gasteiger charge is 2.52. The van der Waals surface area contributed by atoms with Crippen LogP contribution in [-0.4, -0.2) is 88.9 Å². The molecule has 238 valence electrons. The van der Waals surface area contributed by atoms with Crippen LogP contribution in [-0.2, 0) is 27.8 Å². The van der Waals surface area contributed by atoms with Gasteiger partial charge in [-0.25, -0.2) is 14.4 Å². The molecule has 3 N–H and O–H groups in total. The first kappa shape index (κ1) is 33.6. The molecule has 3 unspecified atom stereocenters. The van der Waals surface area contributed by atoms with Crippen LogP contribution >= 0.6 is 0 Å². The lowest BCUT2D eigenvalue weighted by Crippen LogP contribution is -2.67. The van der Waals surface area contributed by atoms with Gasteiger partial charge in [-0.1, -0.05) is 18.2 Å². The van der Waals surface area contributed by atoms with Crippen molar-refractivity contribution in [2.45, 2.75) is 50.2 Å². The van der Waals surface area contributed by atoms with Gasteiger partial charge in [0, 0.05) is 36.8 Å². The topological polar surface area (TPSA) is 189 Å². The van der Waals surface area contributed by atoms with Gasteiger partial charge in [0.05, 0.1) is 23.7 Å². The lowest BCUT2D eigenvalue weighted by Gasteiger charge is -2.55. The molecule has 0 saturated carbocycles. The molecule has 3 heterocycles. The van der Waals surface area contributed by atoms with E-state index in [0.29, 0.717) is 17.7 Å². The maximum absolute atomic E-state index is 13.6. The Morgan fingerprint density at radius 2 is 1.82 bits per heavy atom. The molecular formula is C27H30F3N5O9. The van der Waals surface area contributed by atoms with Crippen molar-refractivity contribution in [3.63, 3.8) is 0 Å². The Balaban J connectivity index is 0.000000583. The van der Waals surface area contributed by atoms with Crippen LogP contribution in [0.4, 0.5) is 23.8 Å². The van der Waals surface area contributed by atoms with Crippen molar-refractivity contribution in [2.75, 3.05) is 19.6 Å². The van der Waals surface area contributed by atoms with E-state index in [1.165, 1.54) is 21.7 Å². The van der Waals surface area contributed by atoms with E-state index in [9.17, 15) is 42.8 Å². The Labute approximate surface area is 248 Å². The van der Waals surface area contributed by atoms with Gasteiger partial charge in [-0.3, -0.25) is 9.47 Å². The van der Waals surface area contributed by atoms with E-state index in [1.807, 2.05) is 4.90 Å². The van der Waals surface area contributed by atoms with E-state index < -0.39 is 51.9 Å². The van der Waals surface area contributed by atoms with Crippen LogP contribution in [0.2, 0.25) is 0 Å². The number of imidazole rings is 1. The molecule has 0 radical (unpaired) electrons. The smallest absolute Gasteiger partial charge is 0.416 e. The second-order valence-electron chi connectivity index (χ2n) is 10.5. The number of fused-ring (bicyclic) bond motifs is 1. The maximum Gasteiger partial charge on any atom is 0.416 e. The van der Waals surface area contributed by atoms with Gasteiger partial charge in [-0.05, 0) is 42.9 Å². The summed E-state index contributed by atoms with van der Waals surface area (Å²) in [5.41, 5.74) is -2.61. The molecule has 14 nitrogen and oxygen atoms in total. The lowest BCUT2D eigenvalue weighted by atomic mass is 9.77. The minimum atomic E-state index is -4.57. The number of nitrogens with zero attached hydrogens (tertiary/aromatic N) is 5. The number of benzene rings is 1. The number of nitro groups is 1. The summed E-state index contributed by atoms with van der Waals surface area (Å²) in [6.07, 6.45) is -1.59. The SMILES string of the molecule is C=CCC1N(C(=O)O)CCN(CC2(C)Cn3cc([N+](=O)[O-])nc3O2)C1(C)c1cccc(C(F)(F)F)c1.O=C(O)C=CC(=O)O. The third-order valence-corrected chi connectivity index (χ3v) is 7.35. The summed E-state index contributed by atoms with van der Waals surface area (Å²) in [4.78, 5) is 48.7. The normalized spacial score (nSPS) is 23.3. The molecule has 1 amide bonds. The van der Waals surface area contributed by atoms with Crippen LogP contribution in [0.25, 0.3) is 0 Å². The molecule has 2 aromatic rings. The van der Waals surface area contributed by atoms with Gasteiger partial charge >= 0.3 is 36.0 Å². The lowest BCUT2D eigenvalue weighted by molar-refractivity contribution is -0.389. The van der Waals surface area contributed by atoms with E-state index in [0.717, 1.165) is 12.1 Å². The van der Waals surface area contributed by atoms with E-state index in [4.69, 9.17) is 14.9 Å². The predicted molar refractivity (Wildman–Crippen MR) is 146 cm³/mol. The highest BCUT2D eigenvalue weighted by Crippen LogP contribution is 2.43. The second kappa shape index (κ2) is 12.7. The van der Waals surface area contributed by atoms with Gasteiger partial charge in [0.2, 0.25) is 0 Å². The number of aliphatic carboxylic acids is 2. The Hall–Kier alpha value is -4.93. The number of ether oxygens (including phenoxy) is 1. The molecule has 3 atom stereocenters. The summed E-state index contributed by atoms with van der Waals surface area (Å²) in [5, 5.41) is 36.5. The number of amides is 1. The maximum atomic E-state index is 13.6. The standard InChI is InChI=1S/C23H26F3N5O5.C4H4O4/c1-4-6-17-22(3,15-7-5-8-16(11-15)23(24,25)26)29(9-10-30(17)20(32)33)14-21(2)13-28-12-18(31(34)35)27-19(28)36-21;5-3(6)1-2-4(7)8/h4-5,7-8,11-12,17H,1,6,9-10,13-14H2,2-3H3,(H,32,33);1-2H,(H,5,6)(H,7,8). The first-order chi connectivity index (χ1) is 20.4. The van der Waals surface area contributed by atoms with Crippen molar-refractivity contribution in [1.82, 2.24) is 19.4 Å². The number of aromatic nitrogens is 2. The Morgan fingerprint density at radius 1 is 1.18 bits per heavy atom. The van der Waals surface area contributed by atoms with Crippen molar-refractivity contribution < 1.29 is 52.5 Å². The van der Waals surface area contributed by atoms with E-state index in [2.05, 4.69) is 11.6 Å². The molecule has 2 aliphatic heterocycles. The fraction of sp³-hybridized carbons (Fsp3) is 0.407. The molecule has 44 heavy (non-hydrogen) atoms. The van der Waals surface area contributed by atoms with Crippen LogP contribution in [0, 0.1) is 10.1 Å². The molecule has 17 heteroatoms. The average Bonchev–Trinajstić information content (AvgIpc) is 3.45. The van der Waals surface area contributed by atoms with Crippen molar-refractivity contribution >= 4 is 23.8 Å². The zero-order valence-electron chi connectivity index (χ0n) is 23.6. The van der Waals surface area contributed by atoms with Crippen molar-refractivity contribution in [1.29, 1.82) is 0 Å². The zero-order chi connectivity index (χ0) is 33.0. The number of alkyl halides is 3. The number of hydrogen-bond donors (Lipinski definition) is 3. The average molecular weight is 626 g/mol. The van der Waals surface area contributed by atoms with Gasteiger partial charge in [0.1, 0.15) is 11.8 Å². The monoisotopic (exact) mass is 625 g/mol. The molecule has 4 rings (SSSR count). The second-order valence-corrected chi connectivity index (χ2v) is 10.5. The summed E-state index contributed by atoms with van der Waals surface area (Å²) in [5.74, 6) is -2.86. The third-order valence-electron chi connectivity index (χ3n) is 7.35. The molecule has 1 fully saturated rings. The van der Waals surface area contributed by atoms with Gasteiger partial charge in [0.15, 0.2) is 0 Å². The van der Waals surface area contributed by atoms with Gasteiger partial charge in [-0.15, -0.1) is 6.58 Å². The number of hydrogen-bond acceptors (Lipinski definition) is 8. The van der Waals surface area contributed by atoms with Crippen molar-refractivity contribution in [2.24, 2.45) is 0 Å². The molecule has 0 bridgehead atoms. The van der Waals surface area contributed by atoms with E-state index in [-0.39, 0.29) is 44.4 Å². The van der Waals surface area contributed by atoms with Gasteiger partial charge in [-0.2, -0.15) is 13.2 Å². The molecule has 0 aliphatic carbocycles. The fourth-order valence-electron chi connectivity index (χ4n) is 5.41. The third kappa shape index (κ3) is 7.34. The molecule has 2 aliphatic rings. The van der Waals surface area contributed by atoms with Crippen LogP contribution in [0.5, 0.6) is 6.01 Å².